The topological polar surface area (TPSA) is 49.8 Å². The molecular weight excluding hydrogens is 122 g/mol. The summed E-state index contributed by atoms with van der Waals surface area (Å²) >= 11 is 0. The molecule has 0 radical (unpaired) electrons. The van der Waals surface area contributed by atoms with Gasteiger partial charge in [-0.1, -0.05) is 0 Å². The minimum atomic E-state index is -0.257. The van der Waals surface area contributed by atoms with E-state index in [-0.39, 0.29) is 12.6 Å². The third kappa shape index (κ3) is 1.65. The molecule has 0 spiro atoms. The summed E-state index contributed by atoms with van der Waals surface area (Å²) in [6.07, 6.45) is 1.09. The summed E-state index contributed by atoms with van der Waals surface area (Å²) in [6.45, 7) is 0.571. The lowest BCUT2D eigenvalue weighted by atomic mass is 10.3. The van der Waals surface area contributed by atoms with Crippen molar-refractivity contribution >= 4 is 5.91 Å². The molecule has 0 aromatic rings. The summed E-state index contributed by atoms with van der Waals surface area (Å²) in [6, 6.07) is 0. The monoisotopic (exact) mass is 131 g/mol. The molecular formula is C5H9NO3. The lowest BCUT2D eigenvalue weighted by Gasteiger charge is -2.08. The number of hydrogen-bond donors (Lipinski definition) is 1. The molecule has 1 amide bonds. The summed E-state index contributed by atoms with van der Waals surface area (Å²) in [5, 5.41) is 9.32. The van der Waals surface area contributed by atoms with Crippen LogP contribution in [0, 0.1) is 0 Å². The average Bonchev–Trinajstić information content (AvgIpc) is 1.99. The molecule has 1 heterocycles. The second-order valence-electron chi connectivity index (χ2n) is 1.93. The highest BCUT2D eigenvalue weighted by atomic mass is 16.6. The van der Waals surface area contributed by atoms with E-state index in [4.69, 9.17) is 9.94 Å². The van der Waals surface area contributed by atoms with E-state index in [2.05, 4.69) is 0 Å². The van der Waals surface area contributed by atoms with E-state index in [0.29, 0.717) is 24.5 Å². The number of hydrogen-bond acceptors (Lipinski definition) is 3. The lowest BCUT2D eigenvalue weighted by molar-refractivity contribution is -0.181. The maximum atomic E-state index is 10.6. The van der Waals surface area contributed by atoms with Gasteiger partial charge in [-0.05, 0) is 6.42 Å². The molecule has 0 bridgehead atoms. The fourth-order valence-electron chi connectivity index (χ4n) is 0.678. The van der Waals surface area contributed by atoms with Crippen LogP contribution in [0.3, 0.4) is 0 Å². The van der Waals surface area contributed by atoms with Crippen molar-refractivity contribution < 1.29 is 14.7 Å². The predicted molar refractivity (Wildman–Crippen MR) is 28.7 cm³/mol. The van der Waals surface area contributed by atoms with Gasteiger partial charge >= 0.3 is 0 Å². The highest BCUT2D eigenvalue weighted by Crippen LogP contribution is 2.00. The molecule has 1 aliphatic rings. The van der Waals surface area contributed by atoms with Crippen molar-refractivity contribution in [3.8, 4) is 0 Å². The molecule has 0 atom stereocenters. The van der Waals surface area contributed by atoms with Gasteiger partial charge in [-0.25, -0.2) is 0 Å². The Labute approximate surface area is 53.0 Å². The Balaban J connectivity index is 2.41. The van der Waals surface area contributed by atoms with Crippen LogP contribution >= 0.6 is 0 Å². The van der Waals surface area contributed by atoms with Gasteiger partial charge in [0.2, 0.25) is 5.91 Å². The second kappa shape index (κ2) is 2.80. The first-order valence-electron chi connectivity index (χ1n) is 2.87. The van der Waals surface area contributed by atoms with Gasteiger partial charge in [0.25, 0.3) is 0 Å². The van der Waals surface area contributed by atoms with Gasteiger partial charge in [0.15, 0.2) is 0 Å². The van der Waals surface area contributed by atoms with E-state index < -0.39 is 0 Å². The number of amides is 1. The largest absolute Gasteiger partial charge is 0.359 e. The minimum absolute atomic E-state index is 0.0127. The SMILES string of the molecule is O=C1CCCOCN1O. The quantitative estimate of drug-likeness (QED) is 0.470. The maximum absolute atomic E-state index is 10.6. The van der Waals surface area contributed by atoms with Crippen LogP contribution in [0.1, 0.15) is 12.8 Å². The molecule has 9 heavy (non-hydrogen) atoms. The zero-order chi connectivity index (χ0) is 6.69. The molecule has 1 rings (SSSR count). The first-order valence-corrected chi connectivity index (χ1v) is 2.87. The summed E-state index contributed by atoms with van der Waals surface area (Å²) in [5.74, 6) is -0.257. The molecule has 1 N–H and O–H groups in total. The van der Waals surface area contributed by atoms with Gasteiger partial charge in [0, 0.05) is 13.0 Å². The first-order chi connectivity index (χ1) is 4.30. The zero-order valence-electron chi connectivity index (χ0n) is 5.04. The van der Waals surface area contributed by atoms with Crippen LogP contribution in [-0.2, 0) is 9.53 Å². The average molecular weight is 131 g/mol. The van der Waals surface area contributed by atoms with E-state index in [9.17, 15) is 4.79 Å². The number of rotatable bonds is 0. The third-order valence-electron chi connectivity index (χ3n) is 1.18. The summed E-state index contributed by atoms with van der Waals surface area (Å²) in [4.78, 5) is 10.6. The highest BCUT2D eigenvalue weighted by Gasteiger charge is 2.13. The maximum Gasteiger partial charge on any atom is 0.248 e. The van der Waals surface area contributed by atoms with E-state index in [0.717, 1.165) is 0 Å². The van der Waals surface area contributed by atoms with Gasteiger partial charge in [-0.2, -0.15) is 5.06 Å². The number of ether oxygens (including phenoxy) is 1. The molecule has 0 aromatic heterocycles. The van der Waals surface area contributed by atoms with Crippen LogP contribution in [0.5, 0.6) is 0 Å². The molecule has 1 fully saturated rings. The van der Waals surface area contributed by atoms with Crippen molar-refractivity contribution in [3.05, 3.63) is 0 Å². The zero-order valence-corrected chi connectivity index (χ0v) is 5.04. The number of hydroxylamine groups is 2. The molecule has 0 unspecified atom stereocenters. The molecule has 4 nitrogen and oxygen atoms in total. The lowest BCUT2D eigenvalue weighted by Crippen LogP contribution is -2.26. The third-order valence-corrected chi connectivity index (χ3v) is 1.18. The van der Waals surface area contributed by atoms with E-state index in [1.165, 1.54) is 0 Å². The Morgan fingerprint density at radius 1 is 1.67 bits per heavy atom. The summed E-state index contributed by atoms with van der Waals surface area (Å²) in [5.41, 5.74) is 0. The smallest absolute Gasteiger partial charge is 0.248 e. The molecule has 0 aliphatic carbocycles. The Morgan fingerprint density at radius 2 is 2.44 bits per heavy atom. The van der Waals surface area contributed by atoms with E-state index in [1.54, 1.807) is 0 Å². The van der Waals surface area contributed by atoms with E-state index >= 15 is 0 Å². The number of carbonyl (C=O) groups excluding carboxylic acids is 1. The first kappa shape index (κ1) is 6.51. The van der Waals surface area contributed by atoms with E-state index in [1.807, 2.05) is 0 Å². The van der Waals surface area contributed by atoms with Gasteiger partial charge < -0.3 is 4.74 Å². The Bertz CT molecular complexity index is 115. The van der Waals surface area contributed by atoms with Crippen LogP contribution in [-0.4, -0.2) is 29.5 Å². The fraction of sp³-hybridized carbons (Fsp3) is 0.800. The van der Waals surface area contributed by atoms with Crippen molar-refractivity contribution in [2.45, 2.75) is 12.8 Å². The van der Waals surface area contributed by atoms with Crippen LogP contribution in [0.2, 0.25) is 0 Å². The second-order valence-corrected chi connectivity index (χ2v) is 1.93. The Kier molecular flexibility index (Phi) is 2.02. The molecule has 1 saturated heterocycles. The van der Waals surface area contributed by atoms with Crippen LogP contribution < -0.4 is 0 Å². The Hall–Kier alpha value is -0.610. The molecule has 0 saturated carbocycles. The highest BCUT2D eigenvalue weighted by molar-refractivity contribution is 5.74. The normalized spacial score (nSPS) is 21.9. The van der Waals surface area contributed by atoms with Crippen molar-refractivity contribution in [1.82, 2.24) is 5.06 Å². The van der Waals surface area contributed by atoms with Gasteiger partial charge in [0.1, 0.15) is 6.73 Å². The molecule has 1 aliphatic heterocycles. The van der Waals surface area contributed by atoms with Crippen molar-refractivity contribution in [1.29, 1.82) is 0 Å². The standard InChI is InChI=1S/C5H9NO3/c7-5-2-1-3-9-4-6(5)8/h8H,1-4H2. The summed E-state index contributed by atoms with van der Waals surface area (Å²) in [7, 11) is 0. The van der Waals surface area contributed by atoms with Crippen molar-refractivity contribution in [3.63, 3.8) is 0 Å². The van der Waals surface area contributed by atoms with Gasteiger partial charge in [-0.15, -0.1) is 0 Å². The van der Waals surface area contributed by atoms with Crippen molar-refractivity contribution in [2.75, 3.05) is 13.3 Å². The van der Waals surface area contributed by atoms with Crippen LogP contribution in [0.4, 0.5) is 0 Å². The van der Waals surface area contributed by atoms with Gasteiger partial charge in [-0.3, -0.25) is 10.0 Å². The summed E-state index contributed by atoms with van der Waals surface area (Å²) < 4.78 is 4.83. The Morgan fingerprint density at radius 3 is 3.22 bits per heavy atom. The molecule has 52 valence electrons. The molecule has 4 heteroatoms. The van der Waals surface area contributed by atoms with Crippen molar-refractivity contribution in [2.24, 2.45) is 0 Å². The molecule has 0 aromatic carbocycles. The van der Waals surface area contributed by atoms with Crippen LogP contribution in [0.25, 0.3) is 0 Å². The number of nitrogens with zero attached hydrogens (tertiary/aromatic N) is 1. The van der Waals surface area contributed by atoms with Gasteiger partial charge in [0.05, 0.1) is 0 Å². The fourth-order valence-corrected chi connectivity index (χ4v) is 0.678. The minimum Gasteiger partial charge on any atom is -0.359 e. The predicted octanol–water partition coefficient (Wildman–Crippen LogP) is -0.0279. The number of carbonyl (C=O) groups is 1. The van der Waals surface area contributed by atoms with Crippen LogP contribution in [0.15, 0.2) is 0 Å².